The third kappa shape index (κ3) is 4.90. The van der Waals surface area contributed by atoms with Crippen molar-refractivity contribution in [1.82, 2.24) is 20.1 Å². The maximum absolute atomic E-state index is 13.0. The van der Waals surface area contributed by atoms with E-state index in [-0.39, 0.29) is 22.9 Å². The second-order valence-electron chi connectivity index (χ2n) is 9.73. The number of nitrogens with zero attached hydrogens (tertiary/aromatic N) is 3. The highest BCUT2D eigenvalue weighted by Gasteiger charge is 2.43. The van der Waals surface area contributed by atoms with Crippen molar-refractivity contribution in [1.29, 1.82) is 0 Å². The van der Waals surface area contributed by atoms with Gasteiger partial charge in [-0.05, 0) is 70.1 Å². The molecule has 32 heavy (non-hydrogen) atoms. The van der Waals surface area contributed by atoms with Gasteiger partial charge >= 0.3 is 0 Å². The molecule has 7 nitrogen and oxygen atoms in total. The molecule has 1 saturated carbocycles. The predicted molar refractivity (Wildman–Crippen MR) is 130 cm³/mol. The molecule has 1 aliphatic carbocycles. The fourth-order valence-electron chi connectivity index (χ4n) is 4.53. The van der Waals surface area contributed by atoms with E-state index in [0.29, 0.717) is 34.5 Å². The summed E-state index contributed by atoms with van der Waals surface area (Å²) in [5.74, 6) is 1.28. The van der Waals surface area contributed by atoms with Crippen LogP contribution in [0.15, 0.2) is 40.0 Å². The molecule has 1 amide bonds. The van der Waals surface area contributed by atoms with E-state index in [1.165, 1.54) is 4.68 Å². The van der Waals surface area contributed by atoms with Crippen LogP contribution in [0.4, 0.5) is 5.69 Å². The first-order valence-corrected chi connectivity index (χ1v) is 12.0. The van der Waals surface area contributed by atoms with E-state index in [1.807, 2.05) is 12.1 Å². The van der Waals surface area contributed by atoms with Crippen molar-refractivity contribution in [3.63, 3.8) is 0 Å². The number of anilines is 1. The predicted octanol–water partition coefficient (Wildman–Crippen LogP) is 4.40. The smallest absolute Gasteiger partial charge is 0.283 e. The molecule has 2 heterocycles. The van der Waals surface area contributed by atoms with Crippen molar-refractivity contribution in [2.24, 2.45) is 23.2 Å². The van der Waals surface area contributed by atoms with Crippen molar-refractivity contribution in [2.75, 3.05) is 5.32 Å². The zero-order valence-electron chi connectivity index (χ0n) is 19.7. The van der Waals surface area contributed by atoms with E-state index in [9.17, 15) is 9.59 Å². The first kappa shape index (κ1) is 24.4. The molecule has 0 saturated heterocycles. The van der Waals surface area contributed by atoms with Gasteiger partial charge in [0.25, 0.3) is 5.56 Å². The summed E-state index contributed by atoms with van der Waals surface area (Å²) in [5, 5.41) is 10.7. The summed E-state index contributed by atoms with van der Waals surface area (Å²) in [5.41, 5.74) is 1.56. The number of amides is 1. The largest absolute Gasteiger partial charge is 0.380 e. The topological polar surface area (TPSA) is 88.9 Å². The van der Waals surface area contributed by atoms with Crippen LogP contribution in [0.1, 0.15) is 59.6 Å². The second-order valence-corrected chi connectivity index (χ2v) is 10.5. The number of carbonyl (C=O) groups excluding carboxylic acids is 1. The molecule has 0 aliphatic heterocycles. The van der Waals surface area contributed by atoms with Crippen LogP contribution in [0.5, 0.6) is 0 Å². The average molecular weight is 504 g/mol. The molecule has 3 rings (SSSR count). The molecule has 1 fully saturated rings. The third-order valence-electron chi connectivity index (χ3n) is 7.72. The highest BCUT2D eigenvalue weighted by Crippen LogP contribution is 2.48. The minimum absolute atomic E-state index is 0.252. The van der Waals surface area contributed by atoms with Gasteiger partial charge in [-0.25, -0.2) is 4.68 Å². The number of halogens is 1. The standard InChI is InChI=1S/C24H34BrN5O2/c1-14-11-19(15(2)16(3)24(14,5)6)29-20-13-28-30(23(32)21(20)25)17(4)22(31)27-12-18-7-9-26-10-8-18/h7-10,13-17,19,29H,11-12H2,1-6H3,(H,27,31)/t14-,15+,16+,17?,19+/m0/s1. The Balaban J connectivity index is 1.72. The van der Waals surface area contributed by atoms with Gasteiger partial charge in [-0.2, -0.15) is 5.10 Å². The second kappa shape index (κ2) is 9.73. The van der Waals surface area contributed by atoms with Crippen LogP contribution < -0.4 is 16.2 Å². The molecule has 0 spiro atoms. The van der Waals surface area contributed by atoms with E-state index in [1.54, 1.807) is 25.5 Å². The van der Waals surface area contributed by atoms with Crippen LogP contribution in [0, 0.1) is 23.2 Å². The van der Waals surface area contributed by atoms with Gasteiger partial charge in [0.15, 0.2) is 0 Å². The molecule has 2 N–H and O–H groups in total. The summed E-state index contributed by atoms with van der Waals surface area (Å²) in [4.78, 5) is 29.6. The highest BCUT2D eigenvalue weighted by atomic mass is 79.9. The third-order valence-corrected chi connectivity index (χ3v) is 8.49. The molecule has 5 atom stereocenters. The van der Waals surface area contributed by atoms with Crippen LogP contribution in [-0.4, -0.2) is 26.7 Å². The van der Waals surface area contributed by atoms with Gasteiger partial charge in [-0.3, -0.25) is 14.6 Å². The lowest BCUT2D eigenvalue weighted by atomic mass is 9.58. The van der Waals surface area contributed by atoms with Gasteiger partial charge < -0.3 is 10.6 Å². The molecule has 174 valence electrons. The van der Waals surface area contributed by atoms with Gasteiger partial charge in [0.05, 0.1) is 11.9 Å². The number of carbonyl (C=O) groups is 1. The Bertz CT molecular complexity index is 1010. The van der Waals surface area contributed by atoms with Crippen molar-refractivity contribution < 1.29 is 4.79 Å². The van der Waals surface area contributed by atoms with Crippen LogP contribution in [0.3, 0.4) is 0 Å². The maximum Gasteiger partial charge on any atom is 0.283 e. The number of rotatable bonds is 6. The molecule has 2 aromatic heterocycles. The van der Waals surface area contributed by atoms with Crippen molar-refractivity contribution in [3.8, 4) is 0 Å². The zero-order valence-corrected chi connectivity index (χ0v) is 21.3. The number of pyridine rings is 1. The fourth-order valence-corrected chi connectivity index (χ4v) is 4.93. The lowest BCUT2D eigenvalue weighted by Crippen LogP contribution is -2.48. The zero-order chi connectivity index (χ0) is 23.6. The summed E-state index contributed by atoms with van der Waals surface area (Å²) < 4.78 is 1.62. The van der Waals surface area contributed by atoms with E-state index < -0.39 is 6.04 Å². The highest BCUT2D eigenvalue weighted by molar-refractivity contribution is 9.10. The molecule has 1 unspecified atom stereocenters. The number of hydrogen-bond acceptors (Lipinski definition) is 5. The van der Waals surface area contributed by atoms with Gasteiger partial charge in [0, 0.05) is 25.0 Å². The van der Waals surface area contributed by atoms with Crippen LogP contribution in [0.2, 0.25) is 0 Å². The summed E-state index contributed by atoms with van der Waals surface area (Å²) in [6, 6.07) is 3.19. The van der Waals surface area contributed by atoms with Gasteiger partial charge in [0.1, 0.15) is 10.5 Å². The molecule has 0 aromatic carbocycles. The first-order chi connectivity index (χ1) is 15.0. The Labute approximate surface area is 198 Å². The van der Waals surface area contributed by atoms with Gasteiger partial charge in [-0.15, -0.1) is 0 Å². The minimum Gasteiger partial charge on any atom is -0.380 e. The number of nitrogens with one attached hydrogen (secondary N) is 2. The first-order valence-electron chi connectivity index (χ1n) is 11.2. The normalized spacial score (nSPS) is 25.7. The molecule has 0 radical (unpaired) electrons. The van der Waals surface area contributed by atoms with Crippen LogP contribution in [-0.2, 0) is 11.3 Å². The monoisotopic (exact) mass is 503 g/mol. The number of hydrogen-bond donors (Lipinski definition) is 2. The summed E-state index contributed by atoms with van der Waals surface area (Å²) in [6.07, 6.45) is 6.02. The lowest BCUT2D eigenvalue weighted by molar-refractivity contribution is -0.124. The molecule has 0 bridgehead atoms. The Morgan fingerprint density at radius 3 is 2.59 bits per heavy atom. The van der Waals surface area contributed by atoms with E-state index in [4.69, 9.17) is 0 Å². The Kier molecular flexibility index (Phi) is 7.43. The van der Waals surface area contributed by atoms with Crippen LogP contribution in [0.25, 0.3) is 0 Å². The SMILES string of the molecule is CC(C(=O)NCc1ccncc1)n1ncc(N[C@@H]2C[C@H](C)C(C)(C)[C@H](C)[C@H]2C)c(Br)c1=O. The lowest BCUT2D eigenvalue weighted by Gasteiger charge is -2.50. The minimum atomic E-state index is -0.732. The fraction of sp³-hybridized carbons (Fsp3) is 0.583. The van der Waals surface area contributed by atoms with Crippen LogP contribution >= 0.6 is 15.9 Å². The van der Waals surface area contributed by atoms with Gasteiger partial charge in [-0.1, -0.05) is 34.6 Å². The van der Waals surface area contributed by atoms with E-state index >= 15 is 0 Å². The number of aromatic nitrogens is 3. The van der Waals surface area contributed by atoms with Crippen molar-refractivity contribution in [2.45, 2.75) is 66.6 Å². The Hall–Kier alpha value is -2.22. The Morgan fingerprint density at radius 1 is 1.28 bits per heavy atom. The molecule has 2 aromatic rings. The summed E-state index contributed by atoms with van der Waals surface area (Å²) >= 11 is 3.45. The maximum atomic E-state index is 13.0. The van der Waals surface area contributed by atoms with E-state index in [0.717, 1.165) is 12.0 Å². The quantitative estimate of drug-likeness (QED) is 0.609. The summed E-state index contributed by atoms with van der Waals surface area (Å²) in [7, 11) is 0. The van der Waals surface area contributed by atoms with Crippen molar-refractivity contribution >= 4 is 27.5 Å². The Morgan fingerprint density at radius 2 is 1.94 bits per heavy atom. The molecule has 8 heteroatoms. The average Bonchev–Trinajstić information content (AvgIpc) is 2.78. The molecular weight excluding hydrogens is 470 g/mol. The van der Waals surface area contributed by atoms with Gasteiger partial charge in [0.2, 0.25) is 5.91 Å². The van der Waals surface area contributed by atoms with E-state index in [2.05, 4.69) is 71.3 Å². The summed E-state index contributed by atoms with van der Waals surface area (Å²) in [6.45, 7) is 13.6. The molecular formula is C24H34BrN5O2. The van der Waals surface area contributed by atoms with Crippen molar-refractivity contribution in [3.05, 3.63) is 51.1 Å². The molecule has 1 aliphatic rings.